The molecule has 0 aromatic heterocycles. The molecular formula is C17H30. The van der Waals surface area contributed by atoms with Crippen LogP contribution in [0.25, 0.3) is 0 Å². The minimum Gasteiger partial charge on any atom is -0.103 e. The van der Waals surface area contributed by atoms with Gasteiger partial charge in [0.1, 0.15) is 0 Å². The van der Waals surface area contributed by atoms with Crippen LogP contribution in [0.15, 0.2) is 37.0 Å². The molecule has 0 saturated carbocycles. The molecule has 0 aliphatic carbocycles. The largest absolute Gasteiger partial charge is 0.103 e. The first-order chi connectivity index (χ1) is 7.99. The Morgan fingerprint density at radius 2 is 1.59 bits per heavy atom. The molecule has 0 aliphatic heterocycles. The second kappa shape index (κ2) is 9.27. The van der Waals surface area contributed by atoms with Gasteiger partial charge in [-0.25, -0.2) is 0 Å². The van der Waals surface area contributed by atoms with E-state index in [4.69, 9.17) is 0 Å². The molecule has 0 bridgehead atoms. The predicted octanol–water partition coefficient (Wildman–Crippen LogP) is 5.77. The smallest absolute Gasteiger partial charge is 0.0227 e. The van der Waals surface area contributed by atoms with Crippen molar-refractivity contribution in [3.63, 3.8) is 0 Å². The lowest BCUT2D eigenvalue weighted by Crippen LogP contribution is -1.98. The summed E-state index contributed by atoms with van der Waals surface area (Å²) in [5, 5.41) is 0. The van der Waals surface area contributed by atoms with E-state index in [0.717, 1.165) is 5.92 Å². The standard InChI is InChI=1S/C17H30/c1-7-15(5)10-12-17(11-9-14(3)4)13-16(6)8-2/h7-8,11,14-16H,1-2,9-10,12-13H2,3-6H3. The van der Waals surface area contributed by atoms with Crippen LogP contribution in [-0.4, -0.2) is 0 Å². The van der Waals surface area contributed by atoms with Crippen LogP contribution in [0.5, 0.6) is 0 Å². The van der Waals surface area contributed by atoms with Crippen molar-refractivity contribution in [3.8, 4) is 0 Å². The summed E-state index contributed by atoms with van der Waals surface area (Å²) >= 11 is 0. The molecule has 0 radical (unpaired) electrons. The van der Waals surface area contributed by atoms with Gasteiger partial charge in [-0.15, -0.1) is 13.2 Å². The molecule has 0 heterocycles. The van der Waals surface area contributed by atoms with Gasteiger partial charge in [0.25, 0.3) is 0 Å². The van der Waals surface area contributed by atoms with Gasteiger partial charge in [-0.1, -0.05) is 51.5 Å². The van der Waals surface area contributed by atoms with E-state index in [1.807, 2.05) is 0 Å². The Balaban J connectivity index is 4.33. The monoisotopic (exact) mass is 234 g/mol. The zero-order chi connectivity index (χ0) is 13.3. The number of rotatable bonds is 9. The van der Waals surface area contributed by atoms with E-state index < -0.39 is 0 Å². The molecule has 0 saturated heterocycles. The highest BCUT2D eigenvalue weighted by molar-refractivity contribution is 5.05. The molecule has 17 heavy (non-hydrogen) atoms. The van der Waals surface area contributed by atoms with Gasteiger partial charge in [0.2, 0.25) is 0 Å². The Labute approximate surface area is 109 Å². The minimum atomic E-state index is 0.590. The molecule has 0 N–H and O–H groups in total. The summed E-state index contributed by atoms with van der Waals surface area (Å²) in [6.07, 6.45) is 11.3. The Bertz CT molecular complexity index is 245. The highest BCUT2D eigenvalue weighted by Gasteiger charge is 2.05. The molecule has 0 fully saturated rings. The third-order valence-corrected chi connectivity index (χ3v) is 3.19. The summed E-state index contributed by atoms with van der Waals surface area (Å²) in [7, 11) is 0. The van der Waals surface area contributed by atoms with E-state index >= 15 is 0 Å². The fourth-order valence-electron chi connectivity index (χ4n) is 1.72. The van der Waals surface area contributed by atoms with Gasteiger partial charge in [0.05, 0.1) is 0 Å². The zero-order valence-corrected chi connectivity index (χ0v) is 12.2. The lowest BCUT2D eigenvalue weighted by atomic mass is 9.92. The van der Waals surface area contributed by atoms with E-state index in [1.54, 1.807) is 5.57 Å². The van der Waals surface area contributed by atoms with Gasteiger partial charge in [-0.2, -0.15) is 0 Å². The van der Waals surface area contributed by atoms with Gasteiger partial charge < -0.3 is 0 Å². The van der Waals surface area contributed by atoms with Crippen molar-refractivity contribution in [1.82, 2.24) is 0 Å². The minimum absolute atomic E-state index is 0.590. The Hall–Kier alpha value is -0.780. The molecule has 0 amide bonds. The van der Waals surface area contributed by atoms with Crippen LogP contribution in [0, 0.1) is 17.8 Å². The van der Waals surface area contributed by atoms with Crippen LogP contribution in [0.4, 0.5) is 0 Å². The van der Waals surface area contributed by atoms with Crippen molar-refractivity contribution in [1.29, 1.82) is 0 Å². The molecule has 0 aliphatic rings. The third kappa shape index (κ3) is 8.97. The summed E-state index contributed by atoms with van der Waals surface area (Å²) in [4.78, 5) is 0. The van der Waals surface area contributed by atoms with Crippen LogP contribution in [0.1, 0.15) is 53.4 Å². The van der Waals surface area contributed by atoms with Crippen molar-refractivity contribution >= 4 is 0 Å². The molecule has 0 nitrogen and oxygen atoms in total. The van der Waals surface area contributed by atoms with Crippen LogP contribution in [0.2, 0.25) is 0 Å². The molecule has 0 aromatic carbocycles. The highest BCUT2D eigenvalue weighted by Crippen LogP contribution is 2.21. The average Bonchev–Trinajstić information content (AvgIpc) is 2.31. The Morgan fingerprint density at radius 1 is 1.00 bits per heavy atom. The second-order valence-electron chi connectivity index (χ2n) is 5.66. The summed E-state index contributed by atoms with van der Waals surface area (Å²) in [6, 6.07) is 0. The number of hydrogen-bond donors (Lipinski definition) is 0. The molecule has 98 valence electrons. The second-order valence-corrected chi connectivity index (χ2v) is 5.66. The van der Waals surface area contributed by atoms with Crippen molar-refractivity contribution in [2.75, 3.05) is 0 Å². The number of allylic oxidation sites excluding steroid dienone is 4. The Morgan fingerprint density at radius 3 is 2.06 bits per heavy atom. The molecule has 0 rings (SSSR count). The molecule has 2 unspecified atom stereocenters. The van der Waals surface area contributed by atoms with Crippen molar-refractivity contribution < 1.29 is 0 Å². The first-order valence-electron chi connectivity index (χ1n) is 6.92. The maximum absolute atomic E-state index is 3.88. The first kappa shape index (κ1) is 16.2. The Kier molecular flexibility index (Phi) is 8.85. The number of hydrogen-bond acceptors (Lipinski definition) is 0. The third-order valence-electron chi connectivity index (χ3n) is 3.19. The zero-order valence-electron chi connectivity index (χ0n) is 12.2. The van der Waals surface area contributed by atoms with Gasteiger partial charge in [0, 0.05) is 0 Å². The lowest BCUT2D eigenvalue weighted by Gasteiger charge is -2.13. The maximum Gasteiger partial charge on any atom is -0.0227 e. The fourth-order valence-corrected chi connectivity index (χ4v) is 1.72. The van der Waals surface area contributed by atoms with Crippen LogP contribution >= 0.6 is 0 Å². The van der Waals surface area contributed by atoms with Crippen molar-refractivity contribution in [2.24, 2.45) is 17.8 Å². The van der Waals surface area contributed by atoms with Gasteiger partial charge in [0.15, 0.2) is 0 Å². The summed E-state index contributed by atoms with van der Waals surface area (Å²) in [6.45, 7) is 16.8. The van der Waals surface area contributed by atoms with Crippen molar-refractivity contribution in [3.05, 3.63) is 37.0 Å². The molecule has 0 heteroatoms. The lowest BCUT2D eigenvalue weighted by molar-refractivity contribution is 0.598. The maximum atomic E-state index is 3.88. The highest BCUT2D eigenvalue weighted by atomic mass is 14.1. The van der Waals surface area contributed by atoms with E-state index in [2.05, 4.69) is 59.1 Å². The summed E-state index contributed by atoms with van der Waals surface area (Å²) < 4.78 is 0. The quantitative estimate of drug-likeness (QED) is 0.444. The van der Waals surface area contributed by atoms with Gasteiger partial charge in [-0.05, 0) is 43.4 Å². The van der Waals surface area contributed by atoms with E-state index in [1.165, 1.54) is 25.7 Å². The normalized spacial score (nSPS) is 15.7. The van der Waals surface area contributed by atoms with E-state index in [9.17, 15) is 0 Å². The topological polar surface area (TPSA) is 0 Å². The first-order valence-corrected chi connectivity index (χ1v) is 6.92. The average molecular weight is 234 g/mol. The molecular weight excluding hydrogens is 204 g/mol. The van der Waals surface area contributed by atoms with Crippen LogP contribution < -0.4 is 0 Å². The molecule has 0 aromatic rings. The summed E-state index contributed by atoms with van der Waals surface area (Å²) in [5.41, 5.74) is 1.60. The fraction of sp³-hybridized carbons (Fsp3) is 0.647. The van der Waals surface area contributed by atoms with E-state index in [0.29, 0.717) is 11.8 Å². The van der Waals surface area contributed by atoms with Crippen LogP contribution in [-0.2, 0) is 0 Å². The molecule has 2 atom stereocenters. The summed E-state index contributed by atoms with van der Waals surface area (Å²) in [5.74, 6) is 1.96. The van der Waals surface area contributed by atoms with Crippen molar-refractivity contribution in [2.45, 2.75) is 53.4 Å². The van der Waals surface area contributed by atoms with Gasteiger partial charge >= 0.3 is 0 Å². The molecule has 0 spiro atoms. The SMILES string of the molecule is C=CC(C)CCC(=CCC(C)C)CC(C)C=C. The predicted molar refractivity (Wildman–Crippen MR) is 80.1 cm³/mol. The van der Waals surface area contributed by atoms with E-state index in [-0.39, 0.29) is 0 Å². The van der Waals surface area contributed by atoms with Crippen LogP contribution in [0.3, 0.4) is 0 Å². The van der Waals surface area contributed by atoms with Gasteiger partial charge in [-0.3, -0.25) is 0 Å².